The zero-order valence-electron chi connectivity index (χ0n) is 13.4. The second-order valence-corrected chi connectivity index (χ2v) is 6.63. The Kier molecular flexibility index (Phi) is 4.32. The first kappa shape index (κ1) is 15.9. The summed E-state index contributed by atoms with van der Waals surface area (Å²) in [6.07, 6.45) is 0.765. The maximum atomic E-state index is 12.5. The molecule has 1 unspecified atom stereocenters. The van der Waals surface area contributed by atoms with Crippen LogP contribution in [-0.4, -0.2) is 28.8 Å². The topological polar surface area (TPSA) is 73.2 Å². The van der Waals surface area contributed by atoms with Gasteiger partial charge in [-0.1, -0.05) is 0 Å². The number of fused-ring (bicyclic) bond motifs is 1. The number of carbonyl (C=O) groups excluding carboxylic acids is 1. The largest absolute Gasteiger partial charge is 0.371 e. The maximum Gasteiger partial charge on any atom is 0.279 e. The lowest BCUT2D eigenvalue weighted by molar-refractivity contribution is 0.0423. The summed E-state index contributed by atoms with van der Waals surface area (Å²) in [7, 11) is 1.55. The molecule has 0 aromatic carbocycles. The van der Waals surface area contributed by atoms with Crippen molar-refractivity contribution in [1.29, 1.82) is 0 Å². The summed E-state index contributed by atoms with van der Waals surface area (Å²) < 4.78 is 6.95. The van der Waals surface area contributed by atoms with Crippen molar-refractivity contribution >= 4 is 17.2 Å². The van der Waals surface area contributed by atoms with Gasteiger partial charge in [0.15, 0.2) is 0 Å². The highest BCUT2D eigenvalue weighted by atomic mass is 32.1. The van der Waals surface area contributed by atoms with Crippen molar-refractivity contribution in [3.8, 4) is 0 Å². The van der Waals surface area contributed by atoms with Crippen molar-refractivity contribution in [3.05, 3.63) is 49.1 Å². The average molecular weight is 333 g/mol. The van der Waals surface area contributed by atoms with Crippen molar-refractivity contribution in [2.24, 2.45) is 7.05 Å². The van der Waals surface area contributed by atoms with E-state index >= 15 is 0 Å². The van der Waals surface area contributed by atoms with Crippen LogP contribution in [0.15, 0.2) is 16.2 Å². The van der Waals surface area contributed by atoms with Gasteiger partial charge in [-0.3, -0.25) is 9.59 Å². The highest BCUT2D eigenvalue weighted by Crippen LogP contribution is 2.30. The summed E-state index contributed by atoms with van der Waals surface area (Å²) in [5.41, 5.74) is 2.20. The van der Waals surface area contributed by atoms with E-state index in [9.17, 15) is 9.59 Å². The Morgan fingerprint density at radius 2 is 2.30 bits per heavy atom. The zero-order chi connectivity index (χ0) is 16.6. The Labute approximate surface area is 138 Å². The second kappa shape index (κ2) is 6.25. The molecule has 2 aromatic rings. The van der Waals surface area contributed by atoms with Crippen LogP contribution in [0.1, 0.15) is 38.2 Å². The number of ether oxygens (including phenoxy) is 1. The smallest absolute Gasteiger partial charge is 0.279 e. The van der Waals surface area contributed by atoms with Crippen molar-refractivity contribution in [2.75, 3.05) is 13.2 Å². The molecule has 122 valence electrons. The van der Waals surface area contributed by atoms with Crippen LogP contribution in [0.3, 0.4) is 0 Å². The number of thiophene rings is 1. The van der Waals surface area contributed by atoms with Gasteiger partial charge in [0.05, 0.1) is 12.3 Å². The molecule has 0 saturated heterocycles. The molecule has 1 atom stereocenters. The summed E-state index contributed by atoms with van der Waals surface area (Å²) in [6, 6.07) is 2.04. The third-order valence-electron chi connectivity index (χ3n) is 4.18. The number of nitrogens with one attached hydrogen (secondary N) is 1. The fraction of sp³-hybridized carbons (Fsp3) is 0.438. The van der Waals surface area contributed by atoms with Crippen molar-refractivity contribution in [1.82, 2.24) is 15.1 Å². The van der Waals surface area contributed by atoms with Gasteiger partial charge >= 0.3 is 0 Å². The zero-order valence-corrected chi connectivity index (χ0v) is 14.2. The first-order valence-corrected chi connectivity index (χ1v) is 8.37. The van der Waals surface area contributed by atoms with E-state index in [0.29, 0.717) is 24.4 Å². The van der Waals surface area contributed by atoms with Gasteiger partial charge in [0.1, 0.15) is 11.7 Å². The van der Waals surface area contributed by atoms with E-state index in [1.165, 1.54) is 9.56 Å². The van der Waals surface area contributed by atoms with Crippen molar-refractivity contribution in [3.63, 3.8) is 0 Å². The molecule has 1 amide bonds. The molecule has 7 heteroatoms. The molecule has 3 rings (SSSR count). The summed E-state index contributed by atoms with van der Waals surface area (Å²) in [4.78, 5) is 26.0. The summed E-state index contributed by atoms with van der Waals surface area (Å²) >= 11 is 1.71. The highest BCUT2D eigenvalue weighted by molar-refractivity contribution is 7.10. The monoisotopic (exact) mass is 333 g/mol. The van der Waals surface area contributed by atoms with E-state index < -0.39 is 0 Å². The van der Waals surface area contributed by atoms with Crippen molar-refractivity contribution in [2.45, 2.75) is 26.4 Å². The Hall–Kier alpha value is -1.99. The van der Waals surface area contributed by atoms with Crippen LogP contribution in [0, 0.1) is 13.8 Å². The molecule has 6 nitrogen and oxygen atoms in total. The van der Waals surface area contributed by atoms with Crippen LogP contribution in [0.5, 0.6) is 0 Å². The lowest BCUT2D eigenvalue weighted by Crippen LogP contribution is -2.37. The van der Waals surface area contributed by atoms with Gasteiger partial charge in [-0.05, 0) is 36.4 Å². The molecule has 1 aliphatic rings. The van der Waals surface area contributed by atoms with Crippen molar-refractivity contribution < 1.29 is 9.53 Å². The Bertz CT molecular complexity index is 809. The summed E-state index contributed by atoms with van der Waals surface area (Å²) in [6.45, 7) is 4.54. The van der Waals surface area contributed by atoms with Gasteiger partial charge in [-0.2, -0.15) is 5.10 Å². The van der Waals surface area contributed by atoms with E-state index in [1.807, 2.05) is 11.4 Å². The fourth-order valence-corrected chi connectivity index (χ4v) is 3.70. The fourth-order valence-electron chi connectivity index (χ4n) is 2.78. The van der Waals surface area contributed by atoms with Gasteiger partial charge in [-0.15, -0.1) is 11.3 Å². The van der Waals surface area contributed by atoms with Crippen LogP contribution in [0.4, 0.5) is 0 Å². The lowest BCUT2D eigenvalue weighted by atomic mass is 10.1. The third-order valence-corrected chi connectivity index (χ3v) is 5.17. The van der Waals surface area contributed by atoms with E-state index in [2.05, 4.69) is 10.4 Å². The average Bonchev–Trinajstić information content (AvgIpc) is 3.00. The molecule has 23 heavy (non-hydrogen) atoms. The molecule has 1 N–H and O–H groups in total. The molecular weight excluding hydrogens is 314 g/mol. The number of aryl methyl sites for hydroxylation is 2. The van der Waals surface area contributed by atoms with Crippen LogP contribution in [0.2, 0.25) is 0 Å². The van der Waals surface area contributed by atoms with E-state index in [0.717, 1.165) is 12.0 Å². The number of rotatable bonds is 3. The van der Waals surface area contributed by atoms with Crippen LogP contribution >= 0.6 is 11.3 Å². The highest BCUT2D eigenvalue weighted by Gasteiger charge is 2.24. The molecule has 2 aromatic heterocycles. The molecule has 0 saturated carbocycles. The molecule has 0 spiro atoms. The summed E-state index contributed by atoms with van der Waals surface area (Å²) in [5.74, 6) is -0.375. The maximum absolute atomic E-state index is 12.5. The molecule has 1 aliphatic heterocycles. The van der Waals surface area contributed by atoms with Gasteiger partial charge < -0.3 is 10.1 Å². The van der Waals surface area contributed by atoms with Gasteiger partial charge in [0, 0.05) is 24.9 Å². The quantitative estimate of drug-likeness (QED) is 0.924. The Balaban J connectivity index is 1.79. The lowest BCUT2D eigenvalue weighted by Gasteiger charge is -2.23. The molecule has 0 fully saturated rings. The summed E-state index contributed by atoms with van der Waals surface area (Å²) in [5, 5.41) is 8.97. The van der Waals surface area contributed by atoms with Gasteiger partial charge in [-0.25, -0.2) is 4.68 Å². The molecule has 0 radical (unpaired) electrons. The van der Waals surface area contributed by atoms with Crippen LogP contribution in [0.25, 0.3) is 0 Å². The third kappa shape index (κ3) is 2.94. The second-order valence-electron chi connectivity index (χ2n) is 5.63. The number of aromatic nitrogens is 2. The van der Waals surface area contributed by atoms with E-state index in [-0.39, 0.29) is 23.1 Å². The molecule has 3 heterocycles. The predicted octanol–water partition coefficient (Wildman–Crippen LogP) is 1.50. The molecular formula is C16H19N3O3S. The normalized spacial score (nSPS) is 16.9. The SMILES string of the molecule is Cc1nn(C)c(=O)c(C(=O)NCC2OCCc3sccc32)c1C. The number of hydrogen-bond donors (Lipinski definition) is 1. The Morgan fingerprint density at radius 3 is 3.09 bits per heavy atom. The number of carbonyl (C=O) groups is 1. The van der Waals surface area contributed by atoms with E-state index in [4.69, 9.17) is 4.74 Å². The number of nitrogens with zero attached hydrogens (tertiary/aromatic N) is 2. The number of amides is 1. The van der Waals surface area contributed by atoms with Crippen LogP contribution in [-0.2, 0) is 18.2 Å². The number of hydrogen-bond acceptors (Lipinski definition) is 5. The Morgan fingerprint density at radius 1 is 1.52 bits per heavy atom. The first-order chi connectivity index (χ1) is 11.0. The first-order valence-electron chi connectivity index (χ1n) is 7.49. The van der Waals surface area contributed by atoms with Crippen LogP contribution < -0.4 is 10.9 Å². The minimum Gasteiger partial charge on any atom is -0.371 e. The van der Waals surface area contributed by atoms with Gasteiger partial charge in [0.2, 0.25) is 0 Å². The molecule has 0 bridgehead atoms. The standard InChI is InChI=1S/C16H19N3O3S/c1-9-10(2)18-19(3)16(21)14(9)15(20)17-8-12-11-5-7-23-13(11)4-6-22-12/h5,7,12H,4,6,8H2,1-3H3,(H,17,20). The molecule has 0 aliphatic carbocycles. The predicted molar refractivity (Wildman–Crippen MR) is 88.0 cm³/mol. The minimum absolute atomic E-state index is 0.152. The van der Waals surface area contributed by atoms with E-state index in [1.54, 1.807) is 32.2 Å². The minimum atomic E-state index is -0.383. The van der Waals surface area contributed by atoms with Gasteiger partial charge in [0.25, 0.3) is 11.5 Å².